The number of rotatable bonds is 3. The number of halogens is 1. The van der Waals surface area contributed by atoms with Gasteiger partial charge < -0.3 is 5.11 Å². The smallest absolute Gasteiger partial charge is 0.358 e. The van der Waals surface area contributed by atoms with E-state index in [1.165, 1.54) is 4.40 Å². The molecule has 0 atom stereocenters. The number of aryl methyl sites for hydroxylation is 2. The van der Waals surface area contributed by atoms with Crippen molar-refractivity contribution in [3.63, 3.8) is 0 Å². The second-order valence-electron chi connectivity index (χ2n) is 5.15. The van der Waals surface area contributed by atoms with E-state index in [1.807, 2.05) is 32.0 Å². The molecule has 0 aliphatic carbocycles. The van der Waals surface area contributed by atoms with Crippen molar-refractivity contribution in [1.82, 2.24) is 9.38 Å². The molecule has 0 unspecified atom stereocenters. The Kier molecular flexibility index (Phi) is 3.83. The van der Waals surface area contributed by atoms with Gasteiger partial charge in [0, 0.05) is 6.20 Å². The van der Waals surface area contributed by atoms with Crippen LogP contribution in [0.2, 0.25) is 5.02 Å². The van der Waals surface area contributed by atoms with Crippen LogP contribution in [0.15, 0.2) is 46.8 Å². The highest BCUT2D eigenvalue weighted by atomic mass is 35.5. The summed E-state index contributed by atoms with van der Waals surface area (Å²) in [7, 11) is 0. The molecular formula is C16H13ClN4O2. The first kappa shape index (κ1) is 15.2. The molecule has 3 rings (SSSR count). The van der Waals surface area contributed by atoms with Gasteiger partial charge in [-0.25, -0.2) is 9.78 Å². The zero-order valence-electron chi connectivity index (χ0n) is 12.5. The van der Waals surface area contributed by atoms with Gasteiger partial charge in [-0.3, -0.25) is 4.40 Å². The van der Waals surface area contributed by atoms with Gasteiger partial charge in [0.1, 0.15) is 5.65 Å². The molecule has 0 bridgehead atoms. The quantitative estimate of drug-likeness (QED) is 0.706. The van der Waals surface area contributed by atoms with Crippen LogP contribution in [0.25, 0.3) is 5.65 Å². The minimum Gasteiger partial charge on any atom is -0.476 e. The Morgan fingerprint density at radius 3 is 2.70 bits per heavy atom. The number of imidazole rings is 1. The number of carboxylic acid groups (broad SMARTS) is 1. The molecule has 2 heterocycles. The van der Waals surface area contributed by atoms with Crippen LogP contribution >= 0.6 is 11.6 Å². The molecule has 116 valence electrons. The van der Waals surface area contributed by atoms with Gasteiger partial charge in [-0.2, -0.15) is 0 Å². The number of aromatic carboxylic acids is 1. The topological polar surface area (TPSA) is 79.3 Å². The maximum atomic E-state index is 11.4. The number of carboxylic acids is 1. The van der Waals surface area contributed by atoms with Crippen molar-refractivity contribution in [2.24, 2.45) is 10.2 Å². The lowest BCUT2D eigenvalue weighted by Crippen LogP contribution is -1.96. The molecule has 23 heavy (non-hydrogen) atoms. The van der Waals surface area contributed by atoms with E-state index in [0.717, 1.165) is 11.1 Å². The molecule has 0 aliphatic heterocycles. The Hall–Kier alpha value is -2.73. The fourth-order valence-corrected chi connectivity index (χ4v) is 2.42. The largest absolute Gasteiger partial charge is 0.476 e. The van der Waals surface area contributed by atoms with Gasteiger partial charge >= 0.3 is 5.97 Å². The zero-order valence-corrected chi connectivity index (χ0v) is 13.2. The third kappa shape index (κ3) is 2.93. The number of carbonyl (C=O) groups is 1. The van der Waals surface area contributed by atoms with Crippen molar-refractivity contribution >= 4 is 34.7 Å². The van der Waals surface area contributed by atoms with Gasteiger partial charge in [0.25, 0.3) is 0 Å². The molecule has 0 amide bonds. The second-order valence-corrected chi connectivity index (χ2v) is 5.59. The first-order valence-corrected chi connectivity index (χ1v) is 7.23. The fraction of sp³-hybridized carbons (Fsp3) is 0.125. The van der Waals surface area contributed by atoms with E-state index in [4.69, 9.17) is 11.6 Å². The van der Waals surface area contributed by atoms with Gasteiger partial charge in [0.05, 0.1) is 10.7 Å². The molecule has 0 saturated heterocycles. The SMILES string of the molecule is Cc1ccc(N=Nc2c(C(=O)O)nc3ccc(Cl)cn23)c(C)c1. The highest BCUT2D eigenvalue weighted by Crippen LogP contribution is 2.27. The number of azo groups is 1. The van der Waals surface area contributed by atoms with Gasteiger partial charge in [-0.05, 0) is 37.6 Å². The number of pyridine rings is 1. The molecule has 0 radical (unpaired) electrons. The van der Waals surface area contributed by atoms with Crippen molar-refractivity contribution in [2.45, 2.75) is 13.8 Å². The number of nitrogens with zero attached hydrogens (tertiary/aromatic N) is 4. The molecule has 0 spiro atoms. The predicted octanol–water partition coefficient (Wildman–Crippen LogP) is 4.72. The van der Waals surface area contributed by atoms with Crippen LogP contribution in [-0.4, -0.2) is 20.5 Å². The van der Waals surface area contributed by atoms with Gasteiger partial charge in [-0.1, -0.05) is 29.3 Å². The number of hydrogen-bond donors (Lipinski definition) is 1. The summed E-state index contributed by atoms with van der Waals surface area (Å²) < 4.78 is 1.51. The summed E-state index contributed by atoms with van der Waals surface area (Å²) >= 11 is 5.97. The van der Waals surface area contributed by atoms with Crippen molar-refractivity contribution in [3.05, 3.63) is 58.4 Å². The number of benzene rings is 1. The molecular weight excluding hydrogens is 316 g/mol. The summed E-state index contributed by atoms with van der Waals surface area (Å²) in [5.41, 5.74) is 3.03. The highest BCUT2D eigenvalue weighted by Gasteiger charge is 2.18. The van der Waals surface area contributed by atoms with Crippen LogP contribution in [0.5, 0.6) is 0 Å². The zero-order chi connectivity index (χ0) is 16.6. The normalized spacial score (nSPS) is 11.4. The standard InChI is InChI=1S/C16H13ClN4O2/c1-9-3-5-12(10(2)7-9)19-20-15-14(16(22)23)18-13-6-4-11(17)8-21(13)15/h3-8H,1-2H3,(H,22,23). The molecule has 3 aromatic rings. The number of aromatic nitrogens is 2. The lowest BCUT2D eigenvalue weighted by molar-refractivity contribution is 0.0692. The highest BCUT2D eigenvalue weighted by molar-refractivity contribution is 6.30. The van der Waals surface area contributed by atoms with Crippen LogP contribution in [0, 0.1) is 13.8 Å². The Bertz CT molecular complexity index is 947. The maximum absolute atomic E-state index is 11.4. The summed E-state index contributed by atoms with van der Waals surface area (Å²) in [6.45, 7) is 3.91. The molecule has 1 N–H and O–H groups in total. The average molecular weight is 329 g/mol. The van der Waals surface area contributed by atoms with Crippen molar-refractivity contribution < 1.29 is 9.90 Å². The summed E-state index contributed by atoms with van der Waals surface area (Å²) in [5, 5.41) is 18.0. The molecule has 0 aliphatic rings. The van der Waals surface area contributed by atoms with Crippen LogP contribution in [0.1, 0.15) is 21.6 Å². The Balaban J connectivity index is 2.14. The van der Waals surface area contributed by atoms with E-state index < -0.39 is 5.97 Å². The average Bonchev–Trinajstić information content (AvgIpc) is 2.84. The van der Waals surface area contributed by atoms with Gasteiger partial charge in [0.15, 0.2) is 11.5 Å². The Morgan fingerprint density at radius 2 is 2.00 bits per heavy atom. The summed E-state index contributed by atoms with van der Waals surface area (Å²) in [6.07, 6.45) is 1.56. The third-order valence-electron chi connectivity index (χ3n) is 3.36. The first-order chi connectivity index (χ1) is 11.0. The van der Waals surface area contributed by atoms with Crippen molar-refractivity contribution in [2.75, 3.05) is 0 Å². The van der Waals surface area contributed by atoms with E-state index in [1.54, 1.807) is 18.3 Å². The van der Waals surface area contributed by atoms with Crippen LogP contribution in [0.4, 0.5) is 11.5 Å². The van der Waals surface area contributed by atoms with Gasteiger partial charge in [-0.15, -0.1) is 10.2 Å². The van der Waals surface area contributed by atoms with E-state index in [0.29, 0.717) is 16.4 Å². The molecule has 6 nitrogen and oxygen atoms in total. The Labute approximate surface area is 137 Å². The van der Waals surface area contributed by atoms with Crippen molar-refractivity contribution in [1.29, 1.82) is 0 Å². The van der Waals surface area contributed by atoms with E-state index in [-0.39, 0.29) is 11.5 Å². The van der Waals surface area contributed by atoms with Gasteiger partial charge in [0.2, 0.25) is 0 Å². The molecule has 0 fully saturated rings. The van der Waals surface area contributed by atoms with E-state index >= 15 is 0 Å². The lowest BCUT2D eigenvalue weighted by atomic mass is 10.1. The third-order valence-corrected chi connectivity index (χ3v) is 3.59. The van der Waals surface area contributed by atoms with Crippen LogP contribution in [0.3, 0.4) is 0 Å². The monoisotopic (exact) mass is 328 g/mol. The van der Waals surface area contributed by atoms with E-state index in [9.17, 15) is 9.90 Å². The van der Waals surface area contributed by atoms with Crippen molar-refractivity contribution in [3.8, 4) is 0 Å². The Morgan fingerprint density at radius 1 is 1.22 bits per heavy atom. The fourth-order valence-electron chi connectivity index (χ4n) is 2.26. The minimum absolute atomic E-state index is 0.134. The summed E-state index contributed by atoms with van der Waals surface area (Å²) in [5.74, 6) is -1.03. The van der Waals surface area contributed by atoms with Crippen LogP contribution in [-0.2, 0) is 0 Å². The minimum atomic E-state index is -1.17. The summed E-state index contributed by atoms with van der Waals surface area (Å²) in [6, 6.07) is 9.01. The molecule has 1 aromatic carbocycles. The number of fused-ring (bicyclic) bond motifs is 1. The molecule has 7 heteroatoms. The first-order valence-electron chi connectivity index (χ1n) is 6.85. The molecule has 2 aromatic heterocycles. The second kappa shape index (κ2) is 5.81. The summed E-state index contributed by atoms with van der Waals surface area (Å²) in [4.78, 5) is 15.4. The van der Waals surface area contributed by atoms with Crippen LogP contribution < -0.4 is 0 Å². The number of hydrogen-bond acceptors (Lipinski definition) is 4. The maximum Gasteiger partial charge on any atom is 0.358 e. The van der Waals surface area contributed by atoms with E-state index in [2.05, 4.69) is 15.2 Å². The predicted molar refractivity (Wildman–Crippen MR) is 87.3 cm³/mol. The molecule has 0 saturated carbocycles. The lowest BCUT2D eigenvalue weighted by Gasteiger charge is -2.01.